The molecule has 1 aliphatic rings. The fourth-order valence-electron chi connectivity index (χ4n) is 3.17. The van der Waals surface area contributed by atoms with Crippen molar-refractivity contribution >= 4 is 35.3 Å². The topological polar surface area (TPSA) is 80.2 Å². The SMILES string of the molecule is O=CC1OCC(C(F)(F)F)N1c1cc(-c2ccnc(Nc3cccc(Cl)c3)n2)ccn1. The maximum Gasteiger partial charge on any atom is 0.411 e. The molecule has 0 bridgehead atoms. The van der Waals surface area contributed by atoms with Crippen molar-refractivity contribution in [3.8, 4) is 11.3 Å². The van der Waals surface area contributed by atoms with E-state index in [1.165, 1.54) is 18.5 Å². The minimum atomic E-state index is -4.58. The smallest absolute Gasteiger partial charge is 0.349 e. The minimum Gasteiger partial charge on any atom is -0.349 e. The van der Waals surface area contributed by atoms with Crippen molar-refractivity contribution in [2.45, 2.75) is 18.4 Å². The maximum atomic E-state index is 13.4. The van der Waals surface area contributed by atoms with Crippen LogP contribution in [0, 0.1) is 0 Å². The van der Waals surface area contributed by atoms with Gasteiger partial charge in [-0.05, 0) is 36.4 Å². The summed E-state index contributed by atoms with van der Waals surface area (Å²) in [6.45, 7) is -0.653. The Morgan fingerprint density at radius 1 is 1.16 bits per heavy atom. The molecule has 1 fully saturated rings. The van der Waals surface area contributed by atoms with Gasteiger partial charge >= 0.3 is 6.18 Å². The normalized spacial score (nSPS) is 18.8. The Balaban J connectivity index is 1.64. The van der Waals surface area contributed by atoms with Crippen LogP contribution in [-0.2, 0) is 9.53 Å². The molecule has 31 heavy (non-hydrogen) atoms. The van der Waals surface area contributed by atoms with E-state index >= 15 is 0 Å². The number of anilines is 3. The third-order valence-electron chi connectivity index (χ3n) is 4.57. The molecule has 1 saturated heterocycles. The maximum absolute atomic E-state index is 13.4. The standard InChI is InChI=1S/C20H15ClF3N5O2/c21-13-2-1-3-14(9-13)27-19-26-7-5-15(28-19)12-4-6-25-17(8-12)29-16(20(22,23)24)11-31-18(29)10-30/h1-10,16,18H,11H2,(H,26,27,28). The summed E-state index contributed by atoms with van der Waals surface area (Å²) >= 11 is 5.98. The van der Waals surface area contributed by atoms with E-state index in [-0.39, 0.29) is 11.8 Å². The second kappa shape index (κ2) is 8.48. The van der Waals surface area contributed by atoms with Gasteiger partial charge in [-0.1, -0.05) is 17.7 Å². The summed E-state index contributed by atoms with van der Waals surface area (Å²) in [6.07, 6.45) is -2.78. The Labute approximate surface area is 179 Å². The van der Waals surface area contributed by atoms with Crippen molar-refractivity contribution in [2.75, 3.05) is 16.8 Å². The molecule has 1 aromatic carbocycles. The molecule has 0 radical (unpaired) electrons. The fraction of sp³-hybridized carbons (Fsp3) is 0.200. The van der Waals surface area contributed by atoms with Gasteiger partial charge < -0.3 is 15.0 Å². The molecule has 160 valence electrons. The summed E-state index contributed by atoms with van der Waals surface area (Å²) in [7, 11) is 0. The summed E-state index contributed by atoms with van der Waals surface area (Å²) in [5.41, 5.74) is 1.63. The summed E-state index contributed by atoms with van der Waals surface area (Å²) < 4.78 is 45.2. The van der Waals surface area contributed by atoms with Crippen LogP contribution in [0.3, 0.4) is 0 Å². The first-order valence-electron chi connectivity index (χ1n) is 9.09. The average molecular weight is 450 g/mol. The van der Waals surface area contributed by atoms with E-state index in [1.54, 1.807) is 36.4 Å². The quantitative estimate of drug-likeness (QED) is 0.584. The lowest BCUT2D eigenvalue weighted by atomic mass is 10.1. The number of hydrogen-bond donors (Lipinski definition) is 1. The molecule has 1 aliphatic heterocycles. The molecule has 2 atom stereocenters. The minimum absolute atomic E-state index is 0.0441. The van der Waals surface area contributed by atoms with Crippen molar-refractivity contribution < 1.29 is 22.7 Å². The molecular weight excluding hydrogens is 435 g/mol. The molecule has 3 heterocycles. The van der Waals surface area contributed by atoms with Crippen LogP contribution >= 0.6 is 11.6 Å². The van der Waals surface area contributed by atoms with Crippen molar-refractivity contribution in [1.82, 2.24) is 15.0 Å². The van der Waals surface area contributed by atoms with Gasteiger partial charge in [-0.2, -0.15) is 13.2 Å². The molecule has 11 heteroatoms. The second-order valence-electron chi connectivity index (χ2n) is 6.63. The number of halogens is 4. The number of aromatic nitrogens is 3. The lowest BCUT2D eigenvalue weighted by Gasteiger charge is -2.28. The number of rotatable bonds is 5. The number of carbonyl (C=O) groups excluding carboxylic acids is 1. The van der Waals surface area contributed by atoms with Crippen LogP contribution in [0.15, 0.2) is 54.9 Å². The van der Waals surface area contributed by atoms with Crippen LogP contribution in [0.5, 0.6) is 0 Å². The highest BCUT2D eigenvalue weighted by molar-refractivity contribution is 6.30. The Kier molecular flexibility index (Phi) is 5.75. The van der Waals surface area contributed by atoms with Crippen LogP contribution in [0.2, 0.25) is 5.02 Å². The van der Waals surface area contributed by atoms with Gasteiger partial charge in [0.05, 0.1) is 12.3 Å². The lowest BCUT2D eigenvalue weighted by molar-refractivity contribution is -0.147. The van der Waals surface area contributed by atoms with E-state index in [0.29, 0.717) is 28.3 Å². The predicted octanol–water partition coefficient (Wildman–Crippen LogP) is 4.23. The molecule has 1 N–H and O–H groups in total. The van der Waals surface area contributed by atoms with E-state index in [1.807, 2.05) is 0 Å². The predicted molar refractivity (Wildman–Crippen MR) is 108 cm³/mol. The van der Waals surface area contributed by atoms with E-state index in [0.717, 1.165) is 4.90 Å². The van der Waals surface area contributed by atoms with E-state index in [9.17, 15) is 18.0 Å². The van der Waals surface area contributed by atoms with Crippen LogP contribution < -0.4 is 10.2 Å². The molecule has 7 nitrogen and oxygen atoms in total. The second-order valence-corrected chi connectivity index (χ2v) is 7.06. The highest BCUT2D eigenvalue weighted by atomic mass is 35.5. The van der Waals surface area contributed by atoms with Crippen molar-refractivity contribution in [3.05, 3.63) is 59.9 Å². The Morgan fingerprint density at radius 2 is 1.97 bits per heavy atom. The Hall–Kier alpha value is -3.24. The first kappa shape index (κ1) is 21.0. The molecule has 0 spiro atoms. The van der Waals surface area contributed by atoms with E-state index in [2.05, 4.69) is 20.3 Å². The third kappa shape index (κ3) is 4.59. The molecule has 2 aromatic heterocycles. The Morgan fingerprint density at radius 3 is 2.71 bits per heavy atom. The van der Waals surface area contributed by atoms with Gasteiger partial charge in [-0.25, -0.2) is 15.0 Å². The molecule has 0 aliphatic carbocycles. The average Bonchev–Trinajstić information content (AvgIpc) is 3.19. The molecule has 0 amide bonds. The van der Waals surface area contributed by atoms with Gasteiger partial charge in [0.1, 0.15) is 5.82 Å². The van der Waals surface area contributed by atoms with Crippen LogP contribution in [0.1, 0.15) is 0 Å². The molecule has 0 saturated carbocycles. The zero-order valence-electron chi connectivity index (χ0n) is 15.8. The number of pyridine rings is 1. The number of nitrogens with zero attached hydrogens (tertiary/aromatic N) is 4. The highest BCUT2D eigenvalue weighted by Crippen LogP contribution is 2.35. The van der Waals surface area contributed by atoms with Gasteiger partial charge in [0.2, 0.25) is 5.95 Å². The van der Waals surface area contributed by atoms with Gasteiger partial charge in [0.15, 0.2) is 18.6 Å². The van der Waals surface area contributed by atoms with E-state index in [4.69, 9.17) is 16.3 Å². The van der Waals surface area contributed by atoms with Crippen molar-refractivity contribution in [3.63, 3.8) is 0 Å². The van der Waals surface area contributed by atoms with Crippen LogP contribution in [0.4, 0.5) is 30.6 Å². The molecule has 4 rings (SSSR count). The summed E-state index contributed by atoms with van der Waals surface area (Å²) in [5.74, 6) is 0.235. The van der Waals surface area contributed by atoms with Crippen molar-refractivity contribution in [2.24, 2.45) is 0 Å². The number of nitrogens with one attached hydrogen (secondary N) is 1. The third-order valence-corrected chi connectivity index (χ3v) is 4.81. The summed E-state index contributed by atoms with van der Waals surface area (Å²) in [5, 5.41) is 3.56. The number of hydrogen-bond acceptors (Lipinski definition) is 7. The van der Waals surface area contributed by atoms with Gasteiger partial charge in [0, 0.05) is 28.7 Å². The zero-order valence-corrected chi connectivity index (χ0v) is 16.5. The number of alkyl halides is 3. The van der Waals surface area contributed by atoms with Gasteiger partial charge in [-0.3, -0.25) is 4.79 Å². The van der Waals surface area contributed by atoms with Crippen LogP contribution in [-0.4, -0.2) is 46.3 Å². The largest absolute Gasteiger partial charge is 0.411 e. The first-order valence-corrected chi connectivity index (χ1v) is 9.47. The zero-order chi connectivity index (χ0) is 22.0. The summed E-state index contributed by atoms with van der Waals surface area (Å²) in [6, 6.07) is 9.65. The molecule has 3 aromatic rings. The van der Waals surface area contributed by atoms with Gasteiger partial charge in [0.25, 0.3) is 0 Å². The summed E-state index contributed by atoms with van der Waals surface area (Å²) in [4.78, 5) is 24.7. The monoisotopic (exact) mass is 449 g/mol. The van der Waals surface area contributed by atoms with Crippen molar-refractivity contribution in [1.29, 1.82) is 0 Å². The fourth-order valence-corrected chi connectivity index (χ4v) is 3.36. The number of ether oxygens (including phenoxy) is 1. The van der Waals surface area contributed by atoms with Gasteiger partial charge in [-0.15, -0.1) is 0 Å². The number of carbonyl (C=O) groups is 1. The Bertz CT molecular complexity index is 1100. The number of benzene rings is 1. The number of aldehydes is 1. The molecule has 2 unspecified atom stereocenters. The molecular formula is C20H15ClF3N5O2. The first-order chi connectivity index (χ1) is 14.8. The highest BCUT2D eigenvalue weighted by Gasteiger charge is 2.51. The van der Waals surface area contributed by atoms with E-state index < -0.39 is 25.1 Å². The van der Waals surface area contributed by atoms with Crippen LogP contribution in [0.25, 0.3) is 11.3 Å². The lowest BCUT2D eigenvalue weighted by Crippen LogP contribution is -2.47.